The molecule has 4 nitrogen and oxygen atoms in total. The summed E-state index contributed by atoms with van der Waals surface area (Å²) < 4.78 is 3.77. The molecule has 104 valence electrons. The molecule has 0 saturated heterocycles. The SMILES string of the molecule is Cc1nn(C)cc1-n1c(C(C)Cl)nc2cccc(Cl)c21. The van der Waals surface area contributed by atoms with Crippen LogP contribution in [0.5, 0.6) is 0 Å². The summed E-state index contributed by atoms with van der Waals surface area (Å²) >= 11 is 12.6. The number of fused-ring (bicyclic) bond motifs is 1. The Bertz CT molecular complexity index is 786. The van der Waals surface area contributed by atoms with Gasteiger partial charge in [0.15, 0.2) is 0 Å². The van der Waals surface area contributed by atoms with Crippen molar-refractivity contribution in [3.63, 3.8) is 0 Å². The first-order valence-electron chi connectivity index (χ1n) is 6.30. The Labute approximate surface area is 126 Å². The molecule has 0 aliphatic heterocycles. The second-order valence-corrected chi connectivity index (χ2v) is 5.86. The molecule has 0 bridgehead atoms. The zero-order valence-corrected chi connectivity index (χ0v) is 12.9. The van der Waals surface area contributed by atoms with Gasteiger partial charge in [0.1, 0.15) is 5.82 Å². The first kappa shape index (κ1) is 13.5. The molecule has 3 aromatic rings. The van der Waals surface area contributed by atoms with Gasteiger partial charge in [0.2, 0.25) is 0 Å². The molecule has 1 unspecified atom stereocenters. The van der Waals surface area contributed by atoms with Crippen LogP contribution in [0.15, 0.2) is 24.4 Å². The topological polar surface area (TPSA) is 35.6 Å². The number of benzene rings is 1. The summed E-state index contributed by atoms with van der Waals surface area (Å²) in [6, 6.07) is 5.68. The Morgan fingerprint density at radius 1 is 1.30 bits per heavy atom. The maximum absolute atomic E-state index is 6.36. The normalized spacial score (nSPS) is 13.1. The average molecular weight is 309 g/mol. The molecule has 20 heavy (non-hydrogen) atoms. The monoisotopic (exact) mass is 308 g/mol. The number of alkyl halides is 1. The van der Waals surface area contributed by atoms with Gasteiger partial charge in [-0.3, -0.25) is 9.25 Å². The van der Waals surface area contributed by atoms with E-state index < -0.39 is 0 Å². The number of halogens is 2. The van der Waals surface area contributed by atoms with Crippen LogP contribution in [0.25, 0.3) is 16.7 Å². The van der Waals surface area contributed by atoms with Crippen molar-refractivity contribution in [2.75, 3.05) is 0 Å². The van der Waals surface area contributed by atoms with Crippen LogP contribution in [-0.2, 0) is 7.05 Å². The number of aryl methyl sites for hydroxylation is 2. The Hall–Kier alpha value is -1.52. The van der Waals surface area contributed by atoms with Crippen LogP contribution in [0.2, 0.25) is 5.02 Å². The van der Waals surface area contributed by atoms with Crippen molar-refractivity contribution in [3.8, 4) is 5.69 Å². The largest absolute Gasteiger partial charge is 0.290 e. The highest BCUT2D eigenvalue weighted by molar-refractivity contribution is 6.35. The van der Waals surface area contributed by atoms with Gasteiger partial charge in [0, 0.05) is 13.2 Å². The third kappa shape index (κ3) is 2.00. The third-order valence-electron chi connectivity index (χ3n) is 3.24. The van der Waals surface area contributed by atoms with E-state index in [0.29, 0.717) is 5.02 Å². The van der Waals surface area contributed by atoms with E-state index in [1.54, 1.807) is 4.68 Å². The van der Waals surface area contributed by atoms with Gasteiger partial charge < -0.3 is 0 Å². The predicted octanol–water partition coefficient (Wildman–Crippen LogP) is 4.02. The quantitative estimate of drug-likeness (QED) is 0.670. The van der Waals surface area contributed by atoms with Crippen molar-refractivity contribution < 1.29 is 0 Å². The van der Waals surface area contributed by atoms with Crippen molar-refractivity contribution in [2.24, 2.45) is 7.05 Å². The molecule has 1 aromatic carbocycles. The lowest BCUT2D eigenvalue weighted by molar-refractivity contribution is 0.756. The van der Waals surface area contributed by atoms with Gasteiger partial charge in [-0.2, -0.15) is 5.10 Å². The molecule has 2 aromatic heterocycles. The predicted molar refractivity (Wildman–Crippen MR) is 81.9 cm³/mol. The molecule has 0 radical (unpaired) electrons. The van der Waals surface area contributed by atoms with E-state index in [2.05, 4.69) is 10.1 Å². The molecule has 0 aliphatic rings. The lowest BCUT2D eigenvalue weighted by atomic mass is 10.3. The van der Waals surface area contributed by atoms with Gasteiger partial charge >= 0.3 is 0 Å². The molecule has 1 atom stereocenters. The van der Waals surface area contributed by atoms with E-state index >= 15 is 0 Å². The van der Waals surface area contributed by atoms with Gasteiger partial charge in [0.25, 0.3) is 0 Å². The molecule has 0 fully saturated rings. The number of hydrogen-bond donors (Lipinski definition) is 0. The summed E-state index contributed by atoms with van der Waals surface area (Å²) in [7, 11) is 1.89. The first-order valence-corrected chi connectivity index (χ1v) is 7.12. The summed E-state index contributed by atoms with van der Waals surface area (Å²) in [5.74, 6) is 0.769. The van der Waals surface area contributed by atoms with Crippen LogP contribution in [-0.4, -0.2) is 19.3 Å². The second-order valence-electron chi connectivity index (χ2n) is 4.80. The number of para-hydroxylation sites is 1. The van der Waals surface area contributed by atoms with Gasteiger partial charge in [0.05, 0.1) is 32.8 Å². The van der Waals surface area contributed by atoms with Crippen molar-refractivity contribution in [1.82, 2.24) is 19.3 Å². The van der Waals surface area contributed by atoms with E-state index in [9.17, 15) is 0 Å². The molecule has 6 heteroatoms. The fourth-order valence-electron chi connectivity index (χ4n) is 2.42. The fraction of sp³-hybridized carbons (Fsp3) is 0.286. The summed E-state index contributed by atoms with van der Waals surface area (Å²) in [5.41, 5.74) is 3.56. The Balaban J connectivity index is 2.43. The Morgan fingerprint density at radius 2 is 2.05 bits per heavy atom. The fourth-order valence-corrected chi connectivity index (χ4v) is 2.82. The molecular formula is C14H14Cl2N4. The number of hydrogen-bond acceptors (Lipinski definition) is 2. The zero-order valence-electron chi connectivity index (χ0n) is 11.4. The lowest BCUT2D eigenvalue weighted by Gasteiger charge is -2.09. The molecule has 0 saturated carbocycles. The third-order valence-corrected chi connectivity index (χ3v) is 3.74. The van der Waals surface area contributed by atoms with Gasteiger partial charge in [-0.1, -0.05) is 17.7 Å². The van der Waals surface area contributed by atoms with Gasteiger partial charge in [-0.15, -0.1) is 11.6 Å². The van der Waals surface area contributed by atoms with Crippen LogP contribution in [0.4, 0.5) is 0 Å². The number of nitrogens with zero attached hydrogens (tertiary/aromatic N) is 4. The molecular weight excluding hydrogens is 295 g/mol. The minimum absolute atomic E-state index is 0.224. The molecule has 2 heterocycles. The van der Waals surface area contributed by atoms with Gasteiger partial charge in [-0.25, -0.2) is 4.98 Å². The van der Waals surface area contributed by atoms with Crippen LogP contribution in [0.3, 0.4) is 0 Å². The molecule has 0 N–H and O–H groups in total. The van der Waals surface area contributed by atoms with Crippen LogP contribution < -0.4 is 0 Å². The van der Waals surface area contributed by atoms with Crippen LogP contribution in [0, 0.1) is 6.92 Å². The standard InChI is InChI=1S/C14H14Cl2N4/c1-8(15)14-17-11-6-4-5-10(16)13(11)20(14)12-7-19(3)18-9(12)2/h4-8H,1-3H3. The maximum atomic E-state index is 6.36. The van der Waals surface area contributed by atoms with E-state index in [1.165, 1.54) is 0 Å². The minimum atomic E-state index is -0.224. The molecule has 0 spiro atoms. The number of rotatable bonds is 2. The summed E-state index contributed by atoms with van der Waals surface area (Å²) in [4.78, 5) is 4.61. The van der Waals surface area contributed by atoms with Crippen LogP contribution >= 0.6 is 23.2 Å². The Morgan fingerprint density at radius 3 is 2.65 bits per heavy atom. The van der Waals surface area contributed by atoms with Crippen molar-refractivity contribution in [3.05, 3.63) is 40.9 Å². The second kappa shape index (κ2) is 4.79. The molecule has 0 amide bonds. The highest BCUT2D eigenvalue weighted by atomic mass is 35.5. The van der Waals surface area contributed by atoms with Crippen molar-refractivity contribution in [2.45, 2.75) is 19.2 Å². The smallest absolute Gasteiger partial charge is 0.132 e. The van der Waals surface area contributed by atoms with E-state index in [-0.39, 0.29) is 5.38 Å². The molecule has 3 rings (SSSR count). The van der Waals surface area contributed by atoms with Crippen molar-refractivity contribution >= 4 is 34.2 Å². The summed E-state index contributed by atoms with van der Waals surface area (Å²) in [6.45, 7) is 3.86. The number of imidazole rings is 1. The zero-order chi connectivity index (χ0) is 14.4. The summed E-state index contributed by atoms with van der Waals surface area (Å²) in [6.07, 6.45) is 1.95. The highest BCUT2D eigenvalue weighted by Crippen LogP contribution is 2.32. The van der Waals surface area contributed by atoms with E-state index in [0.717, 1.165) is 28.2 Å². The van der Waals surface area contributed by atoms with E-state index in [4.69, 9.17) is 23.2 Å². The average Bonchev–Trinajstić information content (AvgIpc) is 2.90. The first-order chi connectivity index (χ1) is 9.49. The minimum Gasteiger partial charge on any atom is -0.290 e. The highest BCUT2D eigenvalue weighted by Gasteiger charge is 2.20. The van der Waals surface area contributed by atoms with Gasteiger partial charge in [-0.05, 0) is 26.0 Å². The summed E-state index contributed by atoms with van der Waals surface area (Å²) in [5, 5.41) is 4.82. The molecule has 0 aliphatic carbocycles. The van der Waals surface area contributed by atoms with E-state index in [1.807, 2.05) is 49.9 Å². The Kier molecular flexibility index (Phi) is 3.22. The number of aromatic nitrogens is 4. The lowest BCUT2D eigenvalue weighted by Crippen LogP contribution is -2.02. The maximum Gasteiger partial charge on any atom is 0.132 e. The van der Waals surface area contributed by atoms with Crippen molar-refractivity contribution in [1.29, 1.82) is 0 Å². The van der Waals surface area contributed by atoms with Crippen LogP contribution in [0.1, 0.15) is 23.8 Å².